The van der Waals surface area contributed by atoms with E-state index < -0.39 is 0 Å². The van der Waals surface area contributed by atoms with Crippen molar-refractivity contribution in [2.45, 2.75) is 18.0 Å². The molecular formula is C5H9BBrO2. The molecule has 0 aliphatic heterocycles. The number of halogens is 1. The maximum absolute atomic E-state index is 10.6. The molecule has 0 aromatic carbocycles. The number of hydrogen-bond donors (Lipinski definition) is 0. The molecular weight excluding hydrogens is 183 g/mol. The van der Waals surface area contributed by atoms with Gasteiger partial charge in [-0.1, -0.05) is 29.1 Å². The Hall–Kier alpha value is 0.0149. The van der Waals surface area contributed by atoms with Gasteiger partial charge in [-0.05, 0) is 0 Å². The van der Waals surface area contributed by atoms with Crippen molar-refractivity contribution in [1.82, 2.24) is 0 Å². The van der Waals surface area contributed by atoms with E-state index in [1.54, 1.807) is 0 Å². The number of esters is 1. The molecule has 2 nitrogen and oxygen atoms in total. The average Bonchev–Trinajstić information content (AvgIpc) is 1.87. The monoisotopic (exact) mass is 191 g/mol. The lowest BCUT2D eigenvalue weighted by molar-refractivity contribution is -0.139. The Morgan fingerprint density at radius 1 is 1.89 bits per heavy atom. The highest BCUT2D eigenvalue weighted by Gasteiger charge is 2.12. The van der Waals surface area contributed by atoms with Crippen LogP contribution in [0.1, 0.15) is 0 Å². The van der Waals surface area contributed by atoms with Crippen LogP contribution >= 0.6 is 15.9 Å². The zero-order valence-corrected chi connectivity index (χ0v) is 7.14. The normalized spacial score (nSPS) is 12.3. The van der Waals surface area contributed by atoms with Gasteiger partial charge in [0.15, 0.2) is 0 Å². The van der Waals surface area contributed by atoms with E-state index in [0.29, 0.717) is 6.32 Å². The molecule has 0 fully saturated rings. The van der Waals surface area contributed by atoms with E-state index in [0.717, 1.165) is 0 Å². The number of rotatable bonds is 3. The Labute approximate surface area is 64.3 Å². The summed E-state index contributed by atoms with van der Waals surface area (Å²) in [4.78, 5) is 10.4. The molecule has 1 radical (unpaired) electrons. The first-order chi connectivity index (χ1) is 4.22. The highest BCUT2D eigenvalue weighted by Crippen LogP contribution is 2.06. The summed E-state index contributed by atoms with van der Waals surface area (Å²) in [7, 11) is 3.29. The maximum atomic E-state index is 10.6. The summed E-state index contributed by atoms with van der Waals surface area (Å²) in [6.07, 6.45) is 0.715. The number of alkyl halides is 1. The van der Waals surface area contributed by atoms with Gasteiger partial charge in [-0.3, -0.25) is 4.79 Å². The summed E-state index contributed by atoms with van der Waals surface area (Å²) < 4.78 is 4.46. The van der Waals surface area contributed by atoms with Crippen LogP contribution in [0.4, 0.5) is 0 Å². The second kappa shape index (κ2) is 4.85. The van der Waals surface area contributed by atoms with Crippen LogP contribution in [0, 0.1) is 0 Å². The molecule has 9 heavy (non-hydrogen) atoms. The van der Waals surface area contributed by atoms with Gasteiger partial charge in [0.1, 0.15) is 12.1 Å². The van der Waals surface area contributed by atoms with Gasteiger partial charge < -0.3 is 4.74 Å². The number of methoxy groups -OCH3 is 1. The van der Waals surface area contributed by atoms with E-state index in [1.807, 2.05) is 14.1 Å². The second-order valence-corrected chi connectivity index (χ2v) is 2.74. The molecule has 0 rings (SSSR count). The van der Waals surface area contributed by atoms with Gasteiger partial charge in [0.05, 0.1) is 7.11 Å². The van der Waals surface area contributed by atoms with Crippen LogP contribution in [0.15, 0.2) is 0 Å². The number of ether oxygens (including phenoxy) is 1. The van der Waals surface area contributed by atoms with Crippen LogP contribution in [0.2, 0.25) is 13.1 Å². The van der Waals surface area contributed by atoms with Crippen molar-refractivity contribution in [2.75, 3.05) is 7.11 Å². The molecule has 0 aliphatic carbocycles. The number of hydrogen-bond acceptors (Lipinski definition) is 2. The fourth-order valence-corrected chi connectivity index (χ4v) is 0.992. The van der Waals surface area contributed by atoms with Crippen LogP contribution in [0.3, 0.4) is 0 Å². The highest BCUT2D eigenvalue weighted by molar-refractivity contribution is 9.10. The topological polar surface area (TPSA) is 26.3 Å². The lowest BCUT2D eigenvalue weighted by Gasteiger charge is -2.03. The smallest absolute Gasteiger partial charge is 0.318 e. The molecule has 0 N–H and O–H groups in total. The Morgan fingerprint density at radius 3 is 2.78 bits per heavy atom. The van der Waals surface area contributed by atoms with Gasteiger partial charge in [-0.25, -0.2) is 0 Å². The van der Waals surface area contributed by atoms with Crippen LogP contribution in [-0.4, -0.2) is 25.2 Å². The predicted octanol–water partition coefficient (Wildman–Crippen LogP) is 1.09. The van der Waals surface area contributed by atoms with Crippen molar-refractivity contribution in [3.63, 3.8) is 0 Å². The first kappa shape index (κ1) is 9.01. The lowest BCUT2D eigenvalue weighted by Crippen LogP contribution is -2.16. The molecule has 0 amide bonds. The summed E-state index contributed by atoms with van der Waals surface area (Å²) >= 11 is 3.16. The molecule has 0 aromatic rings. The first-order valence-electron chi connectivity index (χ1n) is 2.72. The predicted molar refractivity (Wildman–Crippen MR) is 41.2 cm³/mol. The zero-order valence-electron chi connectivity index (χ0n) is 5.56. The minimum Gasteiger partial charge on any atom is -0.468 e. The summed E-state index contributed by atoms with van der Waals surface area (Å²) in [6.45, 7) is 1.90. The summed E-state index contributed by atoms with van der Waals surface area (Å²) in [6, 6.07) is 0. The Morgan fingerprint density at radius 2 is 2.44 bits per heavy atom. The van der Waals surface area contributed by atoms with Crippen molar-refractivity contribution in [3.05, 3.63) is 0 Å². The van der Waals surface area contributed by atoms with E-state index in [-0.39, 0.29) is 10.8 Å². The van der Waals surface area contributed by atoms with E-state index in [1.165, 1.54) is 7.11 Å². The van der Waals surface area contributed by atoms with Gasteiger partial charge >= 0.3 is 5.97 Å². The van der Waals surface area contributed by atoms with Gasteiger partial charge in [0.2, 0.25) is 0 Å². The number of carbonyl (C=O) groups is 1. The molecule has 0 saturated carbocycles. The Balaban J connectivity index is 3.45. The molecule has 0 heterocycles. The quantitative estimate of drug-likeness (QED) is 0.380. The third-order valence-electron chi connectivity index (χ3n) is 0.900. The zero-order chi connectivity index (χ0) is 7.28. The number of carbonyl (C=O) groups excluding carboxylic acids is 1. The van der Waals surface area contributed by atoms with E-state index in [9.17, 15) is 4.79 Å². The highest BCUT2D eigenvalue weighted by atomic mass is 79.9. The van der Waals surface area contributed by atoms with Gasteiger partial charge in [-0.15, -0.1) is 0 Å². The van der Waals surface area contributed by atoms with Crippen LogP contribution in [0.5, 0.6) is 0 Å². The minimum absolute atomic E-state index is 0.174. The van der Waals surface area contributed by atoms with Crippen LogP contribution in [0.25, 0.3) is 0 Å². The standard InChI is InChI=1S/C5H9BBrO2/c1-6-3-4(7)5(8)9-2/h4H,3H2,1-2H3. The summed E-state index contributed by atoms with van der Waals surface area (Å²) in [5.74, 6) is -0.215. The van der Waals surface area contributed by atoms with Crippen LogP contribution in [-0.2, 0) is 9.53 Å². The molecule has 1 unspecified atom stereocenters. The molecule has 0 spiro atoms. The third-order valence-corrected chi connectivity index (χ3v) is 1.65. The van der Waals surface area contributed by atoms with E-state index in [4.69, 9.17) is 0 Å². The molecule has 1 atom stereocenters. The van der Waals surface area contributed by atoms with E-state index >= 15 is 0 Å². The minimum atomic E-state index is -0.215. The second-order valence-electron chi connectivity index (χ2n) is 1.63. The van der Waals surface area contributed by atoms with Crippen molar-refractivity contribution < 1.29 is 9.53 Å². The van der Waals surface area contributed by atoms with Crippen molar-refractivity contribution >= 4 is 29.2 Å². The van der Waals surface area contributed by atoms with Crippen molar-refractivity contribution in [2.24, 2.45) is 0 Å². The largest absolute Gasteiger partial charge is 0.468 e. The van der Waals surface area contributed by atoms with E-state index in [2.05, 4.69) is 20.7 Å². The summed E-state index contributed by atoms with van der Waals surface area (Å²) in [5.41, 5.74) is 0. The lowest BCUT2D eigenvalue weighted by atomic mass is 9.77. The SMILES string of the molecule is C[B]CC(Br)C(=O)OC. The van der Waals surface area contributed by atoms with Gasteiger partial charge in [0.25, 0.3) is 0 Å². The van der Waals surface area contributed by atoms with Gasteiger partial charge in [-0.2, -0.15) is 0 Å². The Bertz CT molecular complexity index is 97.0. The molecule has 51 valence electrons. The van der Waals surface area contributed by atoms with Gasteiger partial charge in [0, 0.05) is 0 Å². The Kier molecular flexibility index (Phi) is 4.86. The molecule has 0 aromatic heterocycles. The molecule has 4 heteroatoms. The van der Waals surface area contributed by atoms with Crippen LogP contribution < -0.4 is 0 Å². The summed E-state index contributed by atoms with van der Waals surface area (Å²) in [5, 5.41) is 0. The fraction of sp³-hybridized carbons (Fsp3) is 0.800. The fourth-order valence-electron chi connectivity index (χ4n) is 0.431. The average molecular weight is 192 g/mol. The molecule has 0 saturated heterocycles. The first-order valence-corrected chi connectivity index (χ1v) is 3.63. The maximum Gasteiger partial charge on any atom is 0.318 e. The molecule has 0 aliphatic rings. The molecule has 0 bridgehead atoms. The van der Waals surface area contributed by atoms with Crippen molar-refractivity contribution in [3.8, 4) is 0 Å². The van der Waals surface area contributed by atoms with Crippen molar-refractivity contribution in [1.29, 1.82) is 0 Å². The third kappa shape index (κ3) is 3.57.